The third-order valence-electron chi connectivity index (χ3n) is 3.68. The maximum atomic E-state index is 12.3. The number of nitrogens with zero attached hydrogens (tertiary/aromatic N) is 4. The molecular formula is C15H18N4O3. The van der Waals surface area contributed by atoms with Gasteiger partial charge in [-0.25, -0.2) is 0 Å². The Labute approximate surface area is 128 Å². The minimum absolute atomic E-state index is 0.145. The van der Waals surface area contributed by atoms with Gasteiger partial charge < -0.3 is 14.2 Å². The van der Waals surface area contributed by atoms with Crippen molar-refractivity contribution in [2.45, 2.75) is 6.54 Å². The molecule has 3 rings (SSSR count). The second kappa shape index (κ2) is 6.57. The van der Waals surface area contributed by atoms with Gasteiger partial charge in [0.25, 0.3) is 11.8 Å². The lowest BCUT2D eigenvalue weighted by Gasteiger charge is -2.33. The number of ether oxygens (including phenoxy) is 1. The van der Waals surface area contributed by atoms with E-state index in [2.05, 4.69) is 15.0 Å². The molecule has 22 heavy (non-hydrogen) atoms. The van der Waals surface area contributed by atoms with Gasteiger partial charge in [0.15, 0.2) is 0 Å². The predicted octanol–water partition coefficient (Wildman–Crippen LogP) is 1.04. The Hall–Kier alpha value is -2.41. The lowest BCUT2D eigenvalue weighted by Crippen LogP contribution is -2.48. The highest BCUT2D eigenvalue weighted by molar-refractivity contribution is 5.91. The smallest absolute Gasteiger partial charge is 0.292 e. The van der Waals surface area contributed by atoms with E-state index in [1.54, 1.807) is 11.1 Å². The van der Waals surface area contributed by atoms with Crippen LogP contribution in [-0.2, 0) is 6.54 Å². The van der Waals surface area contributed by atoms with Crippen molar-refractivity contribution < 1.29 is 14.1 Å². The Balaban J connectivity index is 1.54. The van der Waals surface area contributed by atoms with Crippen molar-refractivity contribution in [3.63, 3.8) is 0 Å². The summed E-state index contributed by atoms with van der Waals surface area (Å²) in [5.74, 6) is 0.389. The Morgan fingerprint density at radius 2 is 2.14 bits per heavy atom. The third kappa shape index (κ3) is 3.25. The first-order valence-electron chi connectivity index (χ1n) is 7.18. The van der Waals surface area contributed by atoms with Crippen molar-refractivity contribution in [1.29, 1.82) is 0 Å². The van der Waals surface area contributed by atoms with Crippen LogP contribution in [0.5, 0.6) is 5.88 Å². The number of pyridine rings is 1. The van der Waals surface area contributed by atoms with Gasteiger partial charge in [0.05, 0.1) is 18.9 Å². The molecule has 0 unspecified atom stereocenters. The molecule has 3 heterocycles. The first-order chi connectivity index (χ1) is 10.8. The van der Waals surface area contributed by atoms with Crippen molar-refractivity contribution in [1.82, 2.24) is 19.9 Å². The van der Waals surface area contributed by atoms with Crippen LogP contribution in [0.25, 0.3) is 0 Å². The van der Waals surface area contributed by atoms with Gasteiger partial charge in [0.2, 0.25) is 5.76 Å². The normalized spacial score (nSPS) is 15.8. The molecule has 116 valence electrons. The average molecular weight is 302 g/mol. The van der Waals surface area contributed by atoms with Crippen molar-refractivity contribution in [3.05, 3.63) is 41.9 Å². The zero-order valence-electron chi connectivity index (χ0n) is 12.4. The Morgan fingerprint density at radius 3 is 2.77 bits per heavy atom. The van der Waals surface area contributed by atoms with Crippen LogP contribution < -0.4 is 4.74 Å². The second-order valence-electron chi connectivity index (χ2n) is 5.12. The van der Waals surface area contributed by atoms with Crippen LogP contribution in [0.3, 0.4) is 0 Å². The van der Waals surface area contributed by atoms with E-state index in [-0.39, 0.29) is 11.7 Å². The molecule has 0 spiro atoms. The monoisotopic (exact) mass is 302 g/mol. The molecule has 0 bridgehead atoms. The third-order valence-corrected chi connectivity index (χ3v) is 3.68. The zero-order valence-corrected chi connectivity index (χ0v) is 12.4. The van der Waals surface area contributed by atoms with Gasteiger partial charge in [0.1, 0.15) is 0 Å². The minimum Gasteiger partial charge on any atom is -0.479 e. The zero-order chi connectivity index (χ0) is 15.4. The average Bonchev–Trinajstić information content (AvgIpc) is 3.05. The summed E-state index contributed by atoms with van der Waals surface area (Å²) in [5, 5.41) is 3.66. The molecule has 1 aliphatic heterocycles. The van der Waals surface area contributed by atoms with Gasteiger partial charge in [0, 0.05) is 38.9 Å². The summed E-state index contributed by atoms with van der Waals surface area (Å²) in [6, 6.07) is 7.42. The maximum Gasteiger partial charge on any atom is 0.292 e. The summed E-state index contributed by atoms with van der Waals surface area (Å²) in [4.78, 5) is 20.7. The van der Waals surface area contributed by atoms with Gasteiger partial charge in [-0.05, 0) is 17.3 Å². The summed E-state index contributed by atoms with van der Waals surface area (Å²) in [6.45, 7) is 3.75. The molecule has 1 fully saturated rings. The van der Waals surface area contributed by atoms with Crippen LogP contribution in [0.4, 0.5) is 0 Å². The van der Waals surface area contributed by atoms with E-state index >= 15 is 0 Å². The first kappa shape index (κ1) is 14.5. The van der Waals surface area contributed by atoms with Crippen molar-refractivity contribution in [3.8, 4) is 5.88 Å². The number of hydrogen-bond acceptors (Lipinski definition) is 6. The molecule has 0 saturated carbocycles. The number of aromatic nitrogens is 2. The van der Waals surface area contributed by atoms with E-state index in [0.29, 0.717) is 19.0 Å². The van der Waals surface area contributed by atoms with E-state index in [4.69, 9.17) is 9.26 Å². The van der Waals surface area contributed by atoms with E-state index in [9.17, 15) is 4.79 Å². The SMILES string of the molecule is COc1cc(C(=O)N2CCN(Cc3ccccn3)CC2)on1. The standard InChI is InChI=1S/C15H18N4O3/c1-21-14-10-13(22-17-14)15(20)19-8-6-18(7-9-19)11-12-4-2-3-5-16-12/h2-5,10H,6-9,11H2,1H3. The molecule has 2 aromatic rings. The second-order valence-corrected chi connectivity index (χ2v) is 5.12. The quantitative estimate of drug-likeness (QED) is 0.840. The largest absolute Gasteiger partial charge is 0.479 e. The molecule has 0 N–H and O–H groups in total. The van der Waals surface area contributed by atoms with Crippen LogP contribution in [0, 0.1) is 0 Å². The molecule has 1 amide bonds. The van der Waals surface area contributed by atoms with Gasteiger partial charge in [-0.3, -0.25) is 14.7 Å². The Morgan fingerprint density at radius 1 is 1.32 bits per heavy atom. The number of piperazine rings is 1. The number of methoxy groups -OCH3 is 1. The molecule has 2 aromatic heterocycles. The molecule has 1 aliphatic rings. The van der Waals surface area contributed by atoms with E-state index < -0.39 is 0 Å². The van der Waals surface area contributed by atoms with Crippen LogP contribution in [0.1, 0.15) is 16.2 Å². The molecule has 7 heteroatoms. The molecule has 0 aliphatic carbocycles. The lowest BCUT2D eigenvalue weighted by atomic mass is 10.2. The molecule has 0 atom stereocenters. The highest BCUT2D eigenvalue weighted by Gasteiger charge is 2.25. The summed E-state index contributed by atoms with van der Waals surface area (Å²) >= 11 is 0. The summed E-state index contributed by atoms with van der Waals surface area (Å²) in [5.41, 5.74) is 1.04. The lowest BCUT2D eigenvalue weighted by molar-refractivity contribution is 0.0587. The molecular weight excluding hydrogens is 284 g/mol. The highest BCUT2D eigenvalue weighted by Crippen LogP contribution is 2.15. The topological polar surface area (TPSA) is 71.7 Å². The fourth-order valence-corrected chi connectivity index (χ4v) is 2.44. The number of carbonyl (C=O) groups excluding carboxylic acids is 1. The summed E-state index contributed by atoms with van der Waals surface area (Å²) in [7, 11) is 1.49. The first-order valence-corrected chi connectivity index (χ1v) is 7.18. The van der Waals surface area contributed by atoms with Gasteiger partial charge in [-0.1, -0.05) is 6.07 Å². The van der Waals surface area contributed by atoms with E-state index in [1.807, 2.05) is 18.2 Å². The highest BCUT2D eigenvalue weighted by atomic mass is 16.5. The number of rotatable bonds is 4. The molecule has 7 nitrogen and oxygen atoms in total. The Bertz CT molecular complexity index is 621. The maximum absolute atomic E-state index is 12.3. The fourth-order valence-electron chi connectivity index (χ4n) is 2.44. The van der Waals surface area contributed by atoms with Gasteiger partial charge in [-0.2, -0.15) is 0 Å². The molecule has 0 radical (unpaired) electrons. The Kier molecular flexibility index (Phi) is 4.34. The van der Waals surface area contributed by atoms with E-state index in [1.165, 1.54) is 13.2 Å². The number of amides is 1. The van der Waals surface area contributed by atoms with Crippen molar-refractivity contribution in [2.75, 3.05) is 33.3 Å². The van der Waals surface area contributed by atoms with Crippen molar-refractivity contribution in [2.24, 2.45) is 0 Å². The van der Waals surface area contributed by atoms with Crippen LogP contribution >= 0.6 is 0 Å². The van der Waals surface area contributed by atoms with Crippen LogP contribution in [0.15, 0.2) is 35.0 Å². The summed E-state index contributed by atoms with van der Waals surface area (Å²) in [6.07, 6.45) is 1.80. The molecule has 0 aromatic carbocycles. The van der Waals surface area contributed by atoms with Crippen molar-refractivity contribution >= 4 is 5.91 Å². The summed E-state index contributed by atoms with van der Waals surface area (Å²) < 4.78 is 9.93. The van der Waals surface area contributed by atoms with Crippen LogP contribution in [0.2, 0.25) is 0 Å². The van der Waals surface area contributed by atoms with E-state index in [0.717, 1.165) is 25.3 Å². The number of carbonyl (C=O) groups is 1. The predicted molar refractivity (Wildman–Crippen MR) is 78.5 cm³/mol. The fraction of sp³-hybridized carbons (Fsp3) is 0.400. The van der Waals surface area contributed by atoms with Gasteiger partial charge in [-0.15, -0.1) is 0 Å². The van der Waals surface area contributed by atoms with Crippen LogP contribution in [-0.4, -0.2) is 59.1 Å². The number of hydrogen-bond donors (Lipinski definition) is 0. The molecule has 1 saturated heterocycles. The minimum atomic E-state index is -0.145. The van der Waals surface area contributed by atoms with Gasteiger partial charge >= 0.3 is 0 Å².